The van der Waals surface area contributed by atoms with Crippen molar-refractivity contribution < 1.29 is 9.47 Å². The summed E-state index contributed by atoms with van der Waals surface area (Å²) in [6.45, 7) is 12.1. The Kier molecular flexibility index (Phi) is 8.37. The van der Waals surface area contributed by atoms with Gasteiger partial charge in [0.05, 0.1) is 18.8 Å². The van der Waals surface area contributed by atoms with E-state index in [1.54, 1.807) is 0 Å². The number of benzene rings is 1. The normalized spacial score (nSPS) is 21.6. The Morgan fingerprint density at radius 2 is 1.97 bits per heavy atom. The smallest absolute Gasteiger partial charge is 0.193 e. The van der Waals surface area contributed by atoms with Gasteiger partial charge in [0.15, 0.2) is 5.96 Å². The molecule has 1 atom stereocenters. The van der Waals surface area contributed by atoms with Crippen LogP contribution in [0.2, 0.25) is 0 Å². The highest BCUT2D eigenvalue weighted by molar-refractivity contribution is 5.80. The monoisotopic (exact) mass is 401 g/mol. The molecule has 0 saturated carbocycles. The van der Waals surface area contributed by atoms with Gasteiger partial charge >= 0.3 is 0 Å². The molecular formula is C24H39N3O2. The number of likely N-dealkylation sites (tertiary alicyclic amines) is 1. The maximum atomic E-state index is 6.12. The van der Waals surface area contributed by atoms with Crippen LogP contribution in [-0.4, -0.2) is 62.5 Å². The van der Waals surface area contributed by atoms with E-state index in [1.165, 1.54) is 12.0 Å². The van der Waals surface area contributed by atoms with Crippen molar-refractivity contribution in [1.82, 2.24) is 10.2 Å². The number of nitrogens with one attached hydrogen (secondary N) is 1. The highest BCUT2D eigenvalue weighted by atomic mass is 16.5. The minimum absolute atomic E-state index is 0.130. The van der Waals surface area contributed by atoms with Crippen molar-refractivity contribution >= 4 is 5.96 Å². The highest BCUT2D eigenvalue weighted by Gasteiger charge is 2.25. The number of piperidine rings is 1. The van der Waals surface area contributed by atoms with E-state index in [2.05, 4.69) is 61.3 Å². The predicted octanol–water partition coefficient (Wildman–Crippen LogP) is 3.88. The zero-order valence-electron chi connectivity index (χ0n) is 18.5. The first-order valence-electron chi connectivity index (χ1n) is 11.4. The summed E-state index contributed by atoms with van der Waals surface area (Å²) in [5, 5.41) is 3.50. The maximum Gasteiger partial charge on any atom is 0.193 e. The number of hydrogen-bond donors (Lipinski definition) is 1. The van der Waals surface area contributed by atoms with Gasteiger partial charge in [-0.25, -0.2) is 0 Å². The van der Waals surface area contributed by atoms with Crippen LogP contribution in [-0.2, 0) is 15.9 Å². The van der Waals surface area contributed by atoms with Gasteiger partial charge in [-0.15, -0.1) is 0 Å². The third kappa shape index (κ3) is 7.31. The zero-order valence-corrected chi connectivity index (χ0v) is 18.5. The molecule has 0 spiro atoms. The first-order valence-corrected chi connectivity index (χ1v) is 11.4. The van der Waals surface area contributed by atoms with Crippen molar-refractivity contribution in [2.45, 2.75) is 65.1 Å². The number of hydrogen-bond acceptors (Lipinski definition) is 3. The van der Waals surface area contributed by atoms with Crippen molar-refractivity contribution in [1.29, 1.82) is 0 Å². The van der Waals surface area contributed by atoms with Gasteiger partial charge in [-0.05, 0) is 50.0 Å². The maximum absolute atomic E-state index is 6.12. The molecule has 0 aliphatic carbocycles. The number of aliphatic imine (C=N–C) groups is 1. The summed E-state index contributed by atoms with van der Waals surface area (Å²) in [6.07, 6.45) is 6.15. The molecule has 0 bridgehead atoms. The molecule has 1 aromatic rings. The molecule has 2 saturated heterocycles. The molecule has 5 nitrogen and oxygen atoms in total. The fourth-order valence-corrected chi connectivity index (χ4v) is 4.17. The molecule has 0 amide bonds. The third-order valence-corrected chi connectivity index (χ3v) is 5.80. The Balaban J connectivity index is 1.48. The van der Waals surface area contributed by atoms with Crippen molar-refractivity contribution in [3.8, 4) is 0 Å². The first-order chi connectivity index (χ1) is 14.1. The van der Waals surface area contributed by atoms with Gasteiger partial charge in [-0.3, -0.25) is 4.99 Å². The first kappa shape index (κ1) is 22.1. The van der Waals surface area contributed by atoms with Crippen LogP contribution in [0.4, 0.5) is 0 Å². The second-order valence-corrected chi connectivity index (χ2v) is 9.15. The lowest BCUT2D eigenvalue weighted by Crippen LogP contribution is -2.47. The summed E-state index contributed by atoms with van der Waals surface area (Å²) in [6, 6.07) is 10.7. The quantitative estimate of drug-likeness (QED) is 0.530. The lowest BCUT2D eigenvalue weighted by molar-refractivity contribution is -0.0367. The molecule has 5 heteroatoms. The van der Waals surface area contributed by atoms with Crippen LogP contribution >= 0.6 is 0 Å². The van der Waals surface area contributed by atoms with Gasteiger partial charge in [0.1, 0.15) is 0 Å². The van der Waals surface area contributed by atoms with E-state index in [1.807, 2.05) is 0 Å². The van der Waals surface area contributed by atoms with Crippen molar-refractivity contribution in [3.05, 3.63) is 35.9 Å². The zero-order chi connectivity index (χ0) is 20.5. The van der Waals surface area contributed by atoms with Gasteiger partial charge in [-0.2, -0.15) is 0 Å². The Morgan fingerprint density at radius 1 is 1.21 bits per heavy atom. The Labute approximate surface area is 176 Å². The van der Waals surface area contributed by atoms with Gasteiger partial charge in [0.2, 0.25) is 0 Å². The average Bonchev–Trinajstić information content (AvgIpc) is 3.24. The van der Waals surface area contributed by atoms with E-state index in [0.29, 0.717) is 12.2 Å². The number of nitrogens with zero attached hydrogens (tertiary/aromatic N) is 2. The molecule has 0 aromatic heterocycles. The van der Waals surface area contributed by atoms with Crippen molar-refractivity contribution in [3.63, 3.8) is 0 Å². The Hall–Kier alpha value is -1.59. The summed E-state index contributed by atoms with van der Waals surface area (Å²) >= 11 is 0. The van der Waals surface area contributed by atoms with Gasteiger partial charge in [0, 0.05) is 32.8 Å². The standard InChI is InChI=1S/C24H39N3O2/c1-4-25-23(26-19-24(2,3)17-20-9-6-5-7-10-20)27-14-12-21(13-15-27)29-18-22-11-8-16-28-22/h5-7,9-10,21-22H,4,8,11-19H2,1-3H3,(H,25,26). The molecule has 29 heavy (non-hydrogen) atoms. The molecule has 2 aliphatic heterocycles. The van der Waals surface area contributed by atoms with Gasteiger partial charge in [-0.1, -0.05) is 44.2 Å². The molecule has 1 unspecified atom stereocenters. The van der Waals surface area contributed by atoms with E-state index < -0.39 is 0 Å². The van der Waals surface area contributed by atoms with Crippen LogP contribution < -0.4 is 5.32 Å². The lowest BCUT2D eigenvalue weighted by Gasteiger charge is -2.35. The molecule has 2 heterocycles. The van der Waals surface area contributed by atoms with Crippen molar-refractivity contribution in [2.75, 3.05) is 39.4 Å². The van der Waals surface area contributed by atoms with Crippen LogP contribution in [0.3, 0.4) is 0 Å². The summed E-state index contributed by atoms with van der Waals surface area (Å²) in [5.74, 6) is 1.05. The molecule has 2 fully saturated rings. The van der Waals surface area contributed by atoms with E-state index in [9.17, 15) is 0 Å². The molecule has 1 aromatic carbocycles. The molecule has 0 radical (unpaired) electrons. The molecule has 2 aliphatic rings. The SMILES string of the molecule is CCNC(=NCC(C)(C)Cc1ccccc1)N1CCC(OCC2CCCO2)CC1. The van der Waals surface area contributed by atoms with Crippen LogP contribution in [0, 0.1) is 5.41 Å². The molecular weight excluding hydrogens is 362 g/mol. The van der Waals surface area contributed by atoms with Crippen LogP contribution in [0.15, 0.2) is 35.3 Å². The van der Waals surface area contributed by atoms with Crippen LogP contribution in [0.5, 0.6) is 0 Å². The lowest BCUT2D eigenvalue weighted by atomic mass is 9.86. The highest BCUT2D eigenvalue weighted by Crippen LogP contribution is 2.23. The summed E-state index contributed by atoms with van der Waals surface area (Å²) in [7, 11) is 0. The van der Waals surface area contributed by atoms with E-state index in [4.69, 9.17) is 14.5 Å². The number of ether oxygens (including phenoxy) is 2. The van der Waals surface area contributed by atoms with Crippen LogP contribution in [0.1, 0.15) is 52.0 Å². The van der Waals surface area contributed by atoms with E-state index in [-0.39, 0.29) is 5.41 Å². The minimum atomic E-state index is 0.130. The van der Waals surface area contributed by atoms with Crippen LogP contribution in [0.25, 0.3) is 0 Å². The largest absolute Gasteiger partial charge is 0.376 e. The molecule has 3 rings (SSSR count). The summed E-state index contributed by atoms with van der Waals surface area (Å²) in [4.78, 5) is 7.41. The number of guanidine groups is 1. The van der Waals surface area contributed by atoms with E-state index >= 15 is 0 Å². The Morgan fingerprint density at radius 3 is 2.62 bits per heavy atom. The van der Waals surface area contributed by atoms with Gasteiger partial charge < -0.3 is 19.7 Å². The predicted molar refractivity (Wildman–Crippen MR) is 119 cm³/mol. The second kappa shape index (κ2) is 11.0. The average molecular weight is 402 g/mol. The molecule has 1 N–H and O–H groups in total. The van der Waals surface area contributed by atoms with E-state index in [0.717, 1.165) is 71.0 Å². The number of rotatable bonds is 8. The minimum Gasteiger partial charge on any atom is -0.376 e. The molecule has 162 valence electrons. The second-order valence-electron chi connectivity index (χ2n) is 9.15. The van der Waals surface area contributed by atoms with Gasteiger partial charge in [0.25, 0.3) is 0 Å². The fourth-order valence-electron chi connectivity index (χ4n) is 4.17. The fraction of sp³-hybridized carbons (Fsp3) is 0.708. The van der Waals surface area contributed by atoms with Crippen molar-refractivity contribution in [2.24, 2.45) is 10.4 Å². The third-order valence-electron chi connectivity index (χ3n) is 5.80. The topological polar surface area (TPSA) is 46.1 Å². The summed E-state index contributed by atoms with van der Waals surface area (Å²) < 4.78 is 11.8. The summed E-state index contributed by atoms with van der Waals surface area (Å²) in [5.41, 5.74) is 1.51. The Bertz CT molecular complexity index is 618.